The minimum atomic E-state index is -0.784. The number of carbonyl (C=O) groups excluding carboxylic acids is 1. The third-order valence-corrected chi connectivity index (χ3v) is 12.7. The average Bonchev–Trinajstić information content (AvgIpc) is 3.19. The maximum absolute atomic E-state index is 12.4. The molecule has 0 spiro atoms. The Morgan fingerprint density at radius 3 is 2.13 bits per heavy atom. The highest BCUT2D eigenvalue weighted by Crippen LogP contribution is 2.76. The summed E-state index contributed by atoms with van der Waals surface area (Å²) in [6.07, 6.45) is 10.6. The Morgan fingerprint density at radius 1 is 0.947 bits per heavy atom. The van der Waals surface area contributed by atoms with Crippen LogP contribution in [-0.2, 0) is 9.53 Å². The third-order valence-electron chi connectivity index (χ3n) is 12.7. The lowest BCUT2D eigenvalue weighted by Gasteiger charge is -2.70. The summed E-state index contributed by atoms with van der Waals surface area (Å²) in [5.74, 6) is 1.01. The largest absolute Gasteiger partial charge is 0.462 e. The first-order chi connectivity index (χ1) is 17.5. The van der Waals surface area contributed by atoms with Crippen molar-refractivity contribution in [2.24, 2.45) is 45.3 Å². The first-order valence-electron chi connectivity index (χ1n) is 15.7. The van der Waals surface area contributed by atoms with Gasteiger partial charge in [0.05, 0.1) is 11.7 Å². The number of aliphatic hydroxyl groups excluding tert-OH is 1. The van der Waals surface area contributed by atoms with Crippen LogP contribution < -0.4 is 0 Å². The quantitative estimate of drug-likeness (QED) is 0.277. The molecule has 0 heterocycles. The van der Waals surface area contributed by atoms with E-state index >= 15 is 0 Å². The highest BCUT2D eigenvalue weighted by Gasteiger charge is 2.71. The fourth-order valence-corrected chi connectivity index (χ4v) is 10.6. The van der Waals surface area contributed by atoms with Gasteiger partial charge in [-0.3, -0.25) is 4.79 Å². The van der Waals surface area contributed by atoms with E-state index in [1.807, 2.05) is 20.8 Å². The molecule has 0 aromatic carbocycles. The smallest absolute Gasteiger partial charge is 0.302 e. The molecule has 10 unspecified atom stereocenters. The van der Waals surface area contributed by atoms with Gasteiger partial charge in [-0.2, -0.15) is 0 Å². The predicted octanol–water partition coefficient (Wildman–Crippen LogP) is 8.10. The molecule has 220 valence electrons. The van der Waals surface area contributed by atoms with Gasteiger partial charge >= 0.3 is 5.97 Å². The van der Waals surface area contributed by atoms with Crippen LogP contribution in [0.5, 0.6) is 0 Å². The van der Waals surface area contributed by atoms with Crippen LogP contribution in [0.3, 0.4) is 0 Å². The molecular weight excluding hydrogens is 472 g/mol. The summed E-state index contributed by atoms with van der Waals surface area (Å²) in [5.41, 5.74) is 0.659. The molecule has 2 N–H and O–H groups in total. The summed E-state index contributed by atoms with van der Waals surface area (Å²) in [6.45, 7) is 23.9. The predicted molar refractivity (Wildman–Crippen MR) is 157 cm³/mol. The van der Waals surface area contributed by atoms with E-state index in [0.29, 0.717) is 11.8 Å². The number of rotatable bonds is 5. The van der Waals surface area contributed by atoms with Crippen LogP contribution in [0.2, 0.25) is 0 Å². The highest BCUT2D eigenvalue weighted by atomic mass is 16.5. The summed E-state index contributed by atoms with van der Waals surface area (Å²) < 4.78 is 6.22. The van der Waals surface area contributed by atoms with Gasteiger partial charge in [0.25, 0.3) is 0 Å². The molecule has 4 heteroatoms. The second-order valence-electron chi connectivity index (χ2n) is 15.1. The molecule has 4 saturated carbocycles. The lowest BCUT2D eigenvalue weighted by atomic mass is 9.35. The maximum Gasteiger partial charge on any atom is 0.302 e. The first-order valence-corrected chi connectivity index (χ1v) is 15.7. The van der Waals surface area contributed by atoms with Gasteiger partial charge in [0.1, 0.15) is 6.10 Å². The maximum atomic E-state index is 12.4. The fourth-order valence-electron chi connectivity index (χ4n) is 10.6. The van der Waals surface area contributed by atoms with Crippen molar-refractivity contribution in [2.45, 2.75) is 152 Å². The van der Waals surface area contributed by atoms with Gasteiger partial charge in [-0.15, -0.1) is 0 Å². The molecule has 4 aliphatic rings. The van der Waals surface area contributed by atoms with Gasteiger partial charge in [-0.1, -0.05) is 60.1 Å². The Bertz CT molecular complexity index is 885. The van der Waals surface area contributed by atoms with Crippen molar-refractivity contribution in [1.29, 1.82) is 0 Å². The zero-order valence-corrected chi connectivity index (χ0v) is 26.6. The van der Waals surface area contributed by atoms with E-state index in [1.54, 1.807) is 6.92 Å². The van der Waals surface area contributed by atoms with Crippen LogP contribution in [0.15, 0.2) is 11.6 Å². The highest BCUT2D eigenvalue weighted by molar-refractivity contribution is 5.66. The normalized spacial score (nSPS) is 44.8. The van der Waals surface area contributed by atoms with E-state index in [4.69, 9.17) is 4.74 Å². The SMILES string of the molecule is CC.CC(=O)OC1CC2C3(C)CCC(O)C(C)(C)C3CCC2(C)C2(C)CCC(C(C)(O)CCC=C(C)C)C12. The molecule has 0 aliphatic heterocycles. The summed E-state index contributed by atoms with van der Waals surface area (Å²) in [5, 5.41) is 22.8. The number of allylic oxidation sites excluding steroid dienone is 2. The second-order valence-corrected chi connectivity index (χ2v) is 15.1. The average molecular weight is 533 g/mol. The van der Waals surface area contributed by atoms with E-state index < -0.39 is 5.60 Å². The van der Waals surface area contributed by atoms with Crippen molar-refractivity contribution >= 4 is 5.97 Å². The Hall–Kier alpha value is -0.870. The molecule has 0 bridgehead atoms. The summed E-state index contributed by atoms with van der Waals surface area (Å²) in [7, 11) is 0. The summed E-state index contributed by atoms with van der Waals surface area (Å²) >= 11 is 0. The molecule has 0 amide bonds. The van der Waals surface area contributed by atoms with Gasteiger partial charge in [0.15, 0.2) is 0 Å². The minimum Gasteiger partial charge on any atom is -0.462 e. The van der Waals surface area contributed by atoms with Crippen molar-refractivity contribution in [3.8, 4) is 0 Å². The lowest BCUT2D eigenvalue weighted by Crippen LogP contribution is -2.67. The Kier molecular flexibility index (Phi) is 9.03. The molecule has 4 nitrogen and oxygen atoms in total. The number of carbonyl (C=O) groups is 1. The molecule has 10 atom stereocenters. The van der Waals surface area contributed by atoms with Crippen LogP contribution in [-0.4, -0.2) is 34.0 Å². The molecular formula is C34H60O4. The van der Waals surface area contributed by atoms with Gasteiger partial charge < -0.3 is 14.9 Å². The topological polar surface area (TPSA) is 66.8 Å². The standard InChI is InChI=1S/C32H54O4.C2H6/c1-20(2)11-10-15-32(9,35)22-12-17-31(8)27(22)23(36-21(3)33)19-25-29(6)16-14-26(34)28(4,5)24(29)13-18-30(25,31)7;1-2/h11,22-27,34-35H,10,12-19H2,1-9H3;1-2H3. The van der Waals surface area contributed by atoms with Crippen LogP contribution in [0.4, 0.5) is 0 Å². The molecule has 4 aliphatic carbocycles. The summed E-state index contributed by atoms with van der Waals surface area (Å²) in [4.78, 5) is 12.4. The van der Waals surface area contributed by atoms with Crippen molar-refractivity contribution in [2.75, 3.05) is 0 Å². The molecule has 0 aromatic heterocycles. The van der Waals surface area contributed by atoms with Gasteiger partial charge in [-0.25, -0.2) is 0 Å². The van der Waals surface area contributed by atoms with E-state index in [9.17, 15) is 15.0 Å². The van der Waals surface area contributed by atoms with Crippen LogP contribution in [0.1, 0.15) is 134 Å². The minimum absolute atomic E-state index is 0.00931. The Labute approximate surface area is 234 Å². The van der Waals surface area contributed by atoms with E-state index in [-0.39, 0.29) is 51.7 Å². The molecule has 0 aromatic rings. The molecule has 0 saturated heterocycles. The van der Waals surface area contributed by atoms with Gasteiger partial charge in [-0.05, 0) is 118 Å². The fraction of sp³-hybridized carbons (Fsp3) is 0.912. The number of aliphatic hydroxyl groups is 2. The van der Waals surface area contributed by atoms with Crippen molar-refractivity contribution in [1.82, 2.24) is 0 Å². The van der Waals surface area contributed by atoms with Crippen LogP contribution in [0, 0.1) is 45.3 Å². The Balaban J connectivity index is 0.00000195. The number of hydrogen-bond acceptors (Lipinski definition) is 4. The van der Waals surface area contributed by atoms with Crippen LogP contribution >= 0.6 is 0 Å². The lowest BCUT2D eigenvalue weighted by molar-refractivity contribution is -0.250. The number of ether oxygens (including phenoxy) is 1. The van der Waals surface area contributed by atoms with Crippen molar-refractivity contribution in [3.63, 3.8) is 0 Å². The first kappa shape index (κ1) is 31.7. The number of esters is 1. The molecule has 38 heavy (non-hydrogen) atoms. The van der Waals surface area contributed by atoms with Crippen LogP contribution in [0.25, 0.3) is 0 Å². The zero-order chi connectivity index (χ0) is 28.9. The number of hydrogen-bond donors (Lipinski definition) is 2. The van der Waals surface area contributed by atoms with Crippen molar-refractivity contribution in [3.05, 3.63) is 11.6 Å². The summed E-state index contributed by atoms with van der Waals surface area (Å²) in [6, 6.07) is 0. The van der Waals surface area contributed by atoms with E-state index in [0.717, 1.165) is 57.8 Å². The van der Waals surface area contributed by atoms with Gasteiger partial charge in [0, 0.05) is 12.8 Å². The van der Waals surface area contributed by atoms with Crippen molar-refractivity contribution < 1.29 is 19.7 Å². The second kappa shape index (κ2) is 10.8. The molecule has 0 radical (unpaired) electrons. The molecule has 4 fully saturated rings. The zero-order valence-electron chi connectivity index (χ0n) is 26.6. The van der Waals surface area contributed by atoms with E-state index in [2.05, 4.69) is 54.5 Å². The monoisotopic (exact) mass is 532 g/mol. The number of fused-ring (bicyclic) bond motifs is 5. The third kappa shape index (κ3) is 4.93. The Morgan fingerprint density at radius 2 is 1.55 bits per heavy atom. The van der Waals surface area contributed by atoms with E-state index in [1.165, 1.54) is 5.57 Å². The molecule has 4 rings (SSSR count). The van der Waals surface area contributed by atoms with Gasteiger partial charge in [0.2, 0.25) is 0 Å².